The second-order valence-electron chi connectivity index (χ2n) is 12.6. The normalized spacial score (nSPS) is 33.8. The predicted octanol–water partition coefficient (Wildman–Crippen LogP) is 5.24. The van der Waals surface area contributed by atoms with Crippen LogP contribution in [0, 0.1) is 17.8 Å². The van der Waals surface area contributed by atoms with Gasteiger partial charge in [-0.05, 0) is 105 Å². The Morgan fingerprint density at radius 2 is 1.98 bits per heavy atom. The van der Waals surface area contributed by atoms with E-state index in [2.05, 4.69) is 21.8 Å². The van der Waals surface area contributed by atoms with Gasteiger partial charge in [-0.2, -0.15) is 0 Å². The summed E-state index contributed by atoms with van der Waals surface area (Å²) >= 11 is 6.38. The quantitative estimate of drug-likeness (QED) is 0.403. The van der Waals surface area contributed by atoms with Gasteiger partial charge in [-0.1, -0.05) is 36.7 Å². The average molecular weight is 599 g/mol. The van der Waals surface area contributed by atoms with Gasteiger partial charge in [0.1, 0.15) is 5.75 Å². The van der Waals surface area contributed by atoms with Crippen molar-refractivity contribution in [1.29, 1.82) is 0 Å². The van der Waals surface area contributed by atoms with Crippen LogP contribution in [0.4, 0.5) is 5.69 Å². The van der Waals surface area contributed by atoms with E-state index in [0.29, 0.717) is 31.9 Å². The highest BCUT2D eigenvalue weighted by Gasteiger charge is 2.44. The molecule has 7 nitrogen and oxygen atoms in total. The first-order valence-electron chi connectivity index (χ1n) is 14.8. The first-order valence-corrected chi connectivity index (χ1v) is 16.7. The number of ether oxygens (including phenoxy) is 1. The summed E-state index contributed by atoms with van der Waals surface area (Å²) in [5.74, 6) is 0.232. The van der Waals surface area contributed by atoms with E-state index in [4.69, 9.17) is 16.3 Å². The van der Waals surface area contributed by atoms with Crippen molar-refractivity contribution in [3.8, 4) is 5.75 Å². The number of hydrogen-bond donors (Lipinski definition) is 2. The number of fused-ring (bicyclic) bond motifs is 4. The molecule has 0 unspecified atom stereocenters. The van der Waals surface area contributed by atoms with Crippen LogP contribution < -0.4 is 14.4 Å². The fourth-order valence-corrected chi connectivity index (χ4v) is 8.64. The highest BCUT2D eigenvalue weighted by molar-refractivity contribution is 7.90. The molecule has 6 rings (SSSR count). The van der Waals surface area contributed by atoms with Gasteiger partial charge in [-0.25, -0.2) is 13.1 Å². The lowest BCUT2D eigenvalue weighted by molar-refractivity contribution is 0.0456. The number of amides is 1. The summed E-state index contributed by atoms with van der Waals surface area (Å²) in [4.78, 5) is 15.6. The molecule has 1 spiro atoms. The number of nitrogens with one attached hydrogen (secondary N) is 1. The Morgan fingerprint density at radius 1 is 1.15 bits per heavy atom. The minimum Gasteiger partial charge on any atom is -0.490 e. The number of sulfonamides is 1. The summed E-state index contributed by atoms with van der Waals surface area (Å²) in [5, 5.41) is 11.1. The van der Waals surface area contributed by atoms with Gasteiger partial charge in [0.2, 0.25) is 10.0 Å². The molecule has 9 heteroatoms. The smallest absolute Gasteiger partial charge is 0.264 e. The number of nitrogens with zero attached hydrogens (tertiary/aromatic N) is 1. The van der Waals surface area contributed by atoms with Crippen LogP contribution in [0.3, 0.4) is 0 Å². The Labute approximate surface area is 248 Å². The van der Waals surface area contributed by atoms with Gasteiger partial charge >= 0.3 is 0 Å². The van der Waals surface area contributed by atoms with Crippen molar-refractivity contribution in [3.63, 3.8) is 0 Å². The molecule has 0 aromatic heterocycles. The molecular formula is C32H39ClN2O5S. The molecule has 2 aromatic carbocycles. The van der Waals surface area contributed by atoms with Crippen LogP contribution in [0.2, 0.25) is 5.02 Å². The molecule has 2 bridgehead atoms. The molecule has 2 aliphatic heterocycles. The number of benzene rings is 2. The summed E-state index contributed by atoms with van der Waals surface area (Å²) in [7, 11) is -3.91. The second kappa shape index (κ2) is 10.9. The molecule has 1 amide bonds. The molecule has 220 valence electrons. The van der Waals surface area contributed by atoms with Gasteiger partial charge in [-0.3, -0.25) is 4.79 Å². The molecule has 0 saturated heterocycles. The Morgan fingerprint density at radius 3 is 2.76 bits per heavy atom. The van der Waals surface area contributed by atoms with Crippen molar-refractivity contribution in [3.05, 3.63) is 70.3 Å². The molecule has 2 aromatic rings. The van der Waals surface area contributed by atoms with Crippen LogP contribution in [0.1, 0.15) is 67.4 Å². The van der Waals surface area contributed by atoms with Gasteiger partial charge < -0.3 is 14.7 Å². The number of aliphatic hydroxyl groups is 1. The van der Waals surface area contributed by atoms with Crippen LogP contribution >= 0.6 is 11.6 Å². The molecule has 1 fully saturated rings. The van der Waals surface area contributed by atoms with Crippen LogP contribution in [0.15, 0.2) is 48.6 Å². The number of aryl methyl sites for hydroxylation is 1. The van der Waals surface area contributed by atoms with E-state index in [-0.39, 0.29) is 28.7 Å². The van der Waals surface area contributed by atoms with E-state index in [1.54, 1.807) is 25.1 Å². The van der Waals surface area contributed by atoms with Gasteiger partial charge in [0, 0.05) is 29.1 Å². The predicted molar refractivity (Wildman–Crippen MR) is 161 cm³/mol. The summed E-state index contributed by atoms with van der Waals surface area (Å²) in [6, 6.07) is 11.4. The highest BCUT2D eigenvalue weighted by Crippen LogP contribution is 2.46. The SMILES string of the molecule is C[C@@H]1[C@@H](C)C/C=C\[C@@H](O)[C@@H]2CC[C@H]2CN2C[C@@]3(CCCc4cc(Cl)ccc43)COc3ccc(cc32)C(=O)NS1(=O)=O. The minimum atomic E-state index is -3.91. The second-order valence-corrected chi connectivity index (χ2v) is 15.1. The van der Waals surface area contributed by atoms with E-state index in [1.165, 1.54) is 11.1 Å². The molecule has 41 heavy (non-hydrogen) atoms. The van der Waals surface area contributed by atoms with Crippen molar-refractivity contribution >= 4 is 33.2 Å². The molecule has 2 N–H and O–H groups in total. The number of halogens is 1. The Hall–Kier alpha value is -2.55. The summed E-state index contributed by atoms with van der Waals surface area (Å²) in [5.41, 5.74) is 3.33. The minimum absolute atomic E-state index is 0.128. The molecule has 6 atom stereocenters. The monoisotopic (exact) mass is 598 g/mol. The van der Waals surface area contributed by atoms with Gasteiger partial charge in [0.05, 0.1) is 23.6 Å². The van der Waals surface area contributed by atoms with Crippen molar-refractivity contribution in [2.24, 2.45) is 17.8 Å². The van der Waals surface area contributed by atoms with Crippen LogP contribution in [0.25, 0.3) is 0 Å². The van der Waals surface area contributed by atoms with Gasteiger partial charge in [-0.15, -0.1) is 0 Å². The first-order chi connectivity index (χ1) is 19.6. The first kappa shape index (κ1) is 28.6. The molecule has 0 radical (unpaired) electrons. The zero-order chi connectivity index (χ0) is 28.9. The standard InChI is InChI=1S/C32H39ClN2O5S/c1-20-5-3-7-29(36)26-11-8-24(26)17-35-18-32(14-4-6-22-15-25(33)10-12-27(22)32)19-40-30-13-9-23(16-28(30)35)31(37)34-41(38,39)21(20)2/h3,7,9-10,12-13,15-16,20-21,24,26,29,36H,4-6,8,11,14,17-19H2,1-2H3,(H,34,37)/b7-3-/t20-,21+,24-,26+,29+,32-/m0/s1. The summed E-state index contributed by atoms with van der Waals surface area (Å²) < 4.78 is 35.1. The van der Waals surface area contributed by atoms with Crippen molar-refractivity contribution in [1.82, 2.24) is 4.72 Å². The topological polar surface area (TPSA) is 95.9 Å². The fourth-order valence-electron chi connectivity index (χ4n) is 7.16. The number of carbonyl (C=O) groups is 1. The van der Waals surface area contributed by atoms with E-state index >= 15 is 0 Å². The Balaban J connectivity index is 1.42. The maximum absolute atomic E-state index is 13.3. The van der Waals surface area contributed by atoms with E-state index in [0.717, 1.165) is 42.8 Å². The maximum atomic E-state index is 13.3. The zero-order valence-electron chi connectivity index (χ0n) is 23.7. The molecule has 4 aliphatic rings. The average Bonchev–Trinajstić information content (AvgIpc) is 3.06. The third-order valence-electron chi connectivity index (χ3n) is 10.0. The summed E-state index contributed by atoms with van der Waals surface area (Å²) in [6.07, 6.45) is 8.58. The van der Waals surface area contributed by atoms with Crippen molar-refractivity contribution in [2.75, 3.05) is 24.6 Å². The Bertz CT molecular complexity index is 1480. The zero-order valence-corrected chi connectivity index (χ0v) is 25.3. The van der Waals surface area contributed by atoms with E-state index in [9.17, 15) is 18.3 Å². The lowest BCUT2D eigenvalue weighted by atomic mass is 9.68. The maximum Gasteiger partial charge on any atom is 0.264 e. The lowest BCUT2D eigenvalue weighted by Crippen LogP contribution is -2.49. The number of carbonyl (C=O) groups excluding carboxylic acids is 1. The van der Waals surface area contributed by atoms with E-state index in [1.807, 2.05) is 25.1 Å². The van der Waals surface area contributed by atoms with E-state index < -0.39 is 27.3 Å². The van der Waals surface area contributed by atoms with Crippen LogP contribution in [-0.4, -0.2) is 50.5 Å². The van der Waals surface area contributed by atoms with Gasteiger partial charge in [0.15, 0.2) is 0 Å². The highest BCUT2D eigenvalue weighted by atomic mass is 35.5. The molecular weight excluding hydrogens is 560 g/mol. The van der Waals surface area contributed by atoms with Crippen LogP contribution in [-0.2, 0) is 21.9 Å². The van der Waals surface area contributed by atoms with Crippen LogP contribution in [0.5, 0.6) is 5.75 Å². The third-order valence-corrected chi connectivity index (χ3v) is 12.2. The number of hydrogen-bond acceptors (Lipinski definition) is 6. The summed E-state index contributed by atoms with van der Waals surface area (Å²) in [6.45, 7) is 5.39. The molecule has 2 aliphatic carbocycles. The molecule has 2 heterocycles. The fraction of sp³-hybridized carbons (Fsp3) is 0.531. The Kier molecular flexibility index (Phi) is 7.62. The number of rotatable bonds is 0. The van der Waals surface area contributed by atoms with Crippen molar-refractivity contribution in [2.45, 2.75) is 69.1 Å². The number of allylic oxidation sites excluding steroid dienone is 1. The number of anilines is 1. The largest absolute Gasteiger partial charge is 0.490 e. The van der Waals surface area contributed by atoms with Crippen molar-refractivity contribution < 1.29 is 23.1 Å². The van der Waals surface area contributed by atoms with Gasteiger partial charge in [0.25, 0.3) is 5.91 Å². The lowest BCUT2D eigenvalue weighted by Gasteiger charge is -2.45. The number of aliphatic hydroxyl groups excluding tert-OH is 1. The third kappa shape index (κ3) is 5.39. The molecule has 1 saturated carbocycles.